The molecule has 1 aromatic heterocycles. The summed E-state index contributed by atoms with van der Waals surface area (Å²) in [7, 11) is 0. The van der Waals surface area contributed by atoms with Gasteiger partial charge in [0.05, 0.1) is 12.2 Å². The molecule has 1 aliphatic heterocycles. The predicted molar refractivity (Wildman–Crippen MR) is 111 cm³/mol. The molecule has 0 spiro atoms. The van der Waals surface area contributed by atoms with E-state index in [1.807, 2.05) is 12.1 Å². The smallest absolute Gasteiger partial charge is 0.164 e. The van der Waals surface area contributed by atoms with Gasteiger partial charge in [0.1, 0.15) is 35.1 Å². The van der Waals surface area contributed by atoms with Crippen LogP contribution < -0.4 is 0 Å². The van der Waals surface area contributed by atoms with E-state index >= 15 is 0 Å². The first-order valence-electron chi connectivity index (χ1n) is 9.65. The van der Waals surface area contributed by atoms with Crippen LogP contribution in [0.2, 0.25) is 5.02 Å². The number of halogens is 1. The molecule has 2 aromatic rings. The molecular formula is C21H21ClN2O5S. The van der Waals surface area contributed by atoms with Crippen LogP contribution in [0.1, 0.15) is 29.5 Å². The lowest BCUT2D eigenvalue weighted by Crippen LogP contribution is -2.56. The number of rotatable bonds is 3. The van der Waals surface area contributed by atoms with Gasteiger partial charge in [-0.25, -0.2) is 0 Å². The number of nitriles is 1. The van der Waals surface area contributed by atoms with E-state index in [4.69, 9.17) is 28.6 Å². The summed E-state index contributed by atoms with van der Waals surface area (Å²) in [4.78, 5) is 0. The normalized spacial score (nSPS) is 28.2. The lowest BCUT2D eigenvalue weighted by molar-refractivity contribution is -0.252. The van der Waals surface area contributed by atoms with E-state index in [1.54, 1.807) is 16.7 Å². The van der Waals surface area contributed by atoms with Gasteiger partial charge in [-0.15, -0.1) is 0 Å². The Labute approximate surface area is 183 Å². The van der Waals surface area contributed by atoms with Crippen molar-refractivity contribution in [2.45, 2.75) is 49.9 Å². The second-order valence-corrected chi connectivity index (χ2v) is 8.37. The first-order chi connectivity index (χ1) is 14.4. The SMILES string of the molecule is N#Cc1c(-c2ccc(Cl)cc2)c2c(n([C@@H]3O[C@@H](CO)[C@@H](O)[C@@H](O)[C@@H]3O)c1=S)CCC2. The maximum atomic E-state index is 10.6. The van der Waals surface area contributed by atoms with Crippen molar-refractivity contribution < 1.29 is 25.2 Å². The van der Waals surface area contributed by atoms with Crippen molar-refractivity contribution in [3.63, 3.8) is 0 Å². The number of fused-ring (bicyclic) bond motifs is 1. The third-order valence-electron chi connectivity index (χ3n) is 5.83. The summed E-state index contributed by atoms with van der Waals surface area (Å²) in [6.07, 6.45) is -4.47. The zero-order valence-corrected chi connectivity index (χ0v) is 17.5. The molecule has 158 valence electrons. The van der Waals surface area contributed by atoms with E-state index in [0.717, 1.165) is 35.2 Å². The highest BCUT2D eigenvalue weighted by Gasteiger charge is 2.45. The summed E-state index contributed by atoms with van der Waals surface area (Å²) in [6, 6.07) is 9.37. The van der Waals surface area contributed by atoms with E-state index in [-0.39, 0.29) is 10.2 Å². The minimum Gasteiger partial charge on any atom is -0.394 e. The number of hydrogen-bond acceptors (Lipinski definition) is 7. The van der Waals surface area contributed by atoms with Crippen LogP contribution in [0.3, 0.4) is 0 Å². The molecule has 4 N–H and O–H groups in total. The number of hydrogen-bond donors (Lipinski definition) is 4. The lowest BCUT2D eigenvalue weighted by Gasteiger charge is -2.41. The number of nitrogens with zero attached hydrogens (tertiary/aromatic N) is 2. The highest BCUT2D eigenvalue weighted by atomic mass is 35.5. The molecule has 2 aliphatic rings. The summed E-state index contributed by atoms with van der Waals surface area (Å²) < 4.78 is 7.48. The van der Waals surface area contributed by atoms with Crippen LogP contribution in [-0.4, -0.2) is 56.0 Å². The highest BCUT2D eigenvalue weighted by molar-refractivity contribution is 7.71. The first kappa shape index (κ1) is 21.4. The zero-order chi connectivity index (χ0) is 21.6. The highest BCUT2D eigenvalue weighted by Crippen LogP contribution is 2.40. The van der Waals surface area contributed by atoms with E-state index in [9.17, 15) is 25.7 Å². The van der Waals surface area contributed by atoms with Crippen molar-refractivity contribution in [3.05, 3.63) is 50.7 Å². The standard InChI is InChI=1S/C21H21ClN2O5S/c22-11-6-4-10(5-7-11)16-12-2-1-3-14(12)24(21(30)13(16)8-23)20-19(28)18(27)17(26)15(9-25)29-20/h4-7,15,17-20,25-28H,1-3,9H2/t15-,17+,18+,19-,20+/m0/s1. The van der Waals surface area contributed by atoms with Gasteiger partial charge in [0.15, 0.2) is 6.23 Å². The number of aliphatic hydroxyl groups is 4. The number of aliphatic hydroxyl groups excluding tert-OH is 4. The van der Waals surface area contributed by atoms with Gasteiger partial charge in [-0.2, -0.15) is 5.26 Å². The van der Waals surface area contributed by atoms with Gasteiger partial charge >= 0.3 is 0 Å². The van der Waals surface area contributed by atoms with Gasteiger partial charge in [-0.05, 0) is 42.5 Å². The number of aromatic nitrogens is 1. The van der Waals surface area contributed by atoms with Crippen LogP contribution >= 0.6 is 23.8 Å². The van der Waals surface area contributed by atoms with E-state index in [0.29, 0.717) is 11.4 Å². The van der Waals surface area contributed by atoms with Crippen LogP contribution in [0.15, 0.2) is 24.3 Å². The summed E-state index contributed by atoms with van der Waals surface area (Å²) in [5.41, 5.74) is 3.58. The first-order valence-corrected chi connectivity index (χ1v) is 10.4. The molecule has 0 radical (unpaired) electrons. The second kappa shape index (κ2) is 8.36. The van der Waals surface area contributed by atoms with Gasteiger partial charge < -0.3 is 29.7 Å². The van der Waals surface area contributed by atoms with Crippen molar-refractivity contribution in [2.75, 3.05) is 6.61 Å². The maximum Gasteiger partial charge on any atom is 0.164 e. The average molecular weight is 449 g/mol. The molecule has 2 heterocycles. The number of ether oxygens (including phenoxy) is 1. The molecule has 0 saturated carbocycles. The Kier molecular flexibility index (Phi) is 5.97. The van der Waals surface area contributed by atoms with Gasteiger partial charge in [-0.1, -0.05) is 36.0 Å². The van der Waals surface area contributed by atoms with Gasteiger partial charge in [0.2, 0.25) is 0 Å². The lowest BCUT2D eigenvalue weighted by atomic mass is 9.94. The van der Waals surface area contributed by atoms with Gasteiger partial charge in [0, 0.05) is 16.3 Å². The largest absolute Gasteiger partial charge is 0.394 e. The Bertz CT molecular complexity index is 1060. The van der Waals surface area contributed by atoms with Crippen molar-refractivity contribution in [1.29, 1.82) is 5.26 Å². The fourth-order valence-electron chi connectivity index (χ4n) is 4.37. The molecule has 7 nitrogen and oxygen atoms in total. The Morgan fingerprint density at radius 1 is 1.13 bits per heavy atom. The monoisotopic (exact) mass is 448 g/mol. The summed E-state index contributed by atoms with van der Waals surface area (Å²) in [5.74, 6) is 0. The van der Waals surface area contributed by atoms with Crippen molar-refractivity contribution in [3.8, 4) is 17.2 Å². The molecular weight excluding hydrogens is 428 g/mol. The van der Waals surface area contributed by atoms with Crippen LogP contribution in [0.25, 0.3) is 11.1 Å². The molecule has 5 atom stereocenters. The quantitative estimate of drug-likeness (QED) is 0.529. The predicted octanol–water partition coefficient (Wildman–Crippen LogP) is 1.87. The second-order valence-electron chi connectivity index (χ2n) is 7.54. The maximum absolute atomic E-state index is 10.6. The molecule has 1 aromatic carbocycles. The Morgan fingerprint density at radius 2 is 1.83 bits per heavy atom. The van der Waals surface area contributed by atoms with Crippen molar-refractivity contribution in [1.82, 2.24) is 4.57 Å². The van der Waals surface area contributed by atoms with E-state index < -0.39 is 37.3 Å². The van der Waals surface area contributed by atoms with Crippen molar-refractivity contribution in [2.24, 2.45) is 0 Å². The van der Waals surface area contributed by atoms with Crippen LogP contribution in [0.4, 0.5) is 0 Å². The third kappa shape index (κ3) is 3.37. The summed E-state index contributed by atoms with van der Waals surface area (Å²) in [5, 5.41) is 51.0. The van der Waals surface area contributed by atoms with Crippen LogP contribution in [0.5, 0.6) is 0 Å². The Balaban J connectivity index is 1.93. The molecule has 4 rings (SSSR count). The van der Waals surface area contributed by atoms with Gasteiger partial charge in [-0.3, -0.25) is 0 Å². The molecule has 9 heteroatoms. The fraction of sp³-hybridized carbons (Fsp3) is 0.429. The average Bonchev–Trinajstić information content (AvgIpc) is 3.22. The molecule has 0 bridgehead atoms. The molecule has 0 amide bonds. The Hall–Kier alpha value is -1.83. The molecule has 1 aliphatic carbocycles. The third-order valence-corrected chi connectivity index (χ3v) is 6.48. The molecule has 1 fully saturated rings. The topological polar surface area (TPSA) is 119 Å². The van der Waals surface area contributed by atoms with E-state index in [1.165, 1.54) is 0 Å². The fourth-order valence-corrected chi connectivity index (χ4v) is 4.85. The van der Waals surface area contributed by atoms with E-state index in [2.05, 4.69) is 6.07 Å². The van der Waals surface area contributed by atoms with Crippen LogP contribution in [0, 0.1) is 16.0 Å². The molecule has 30 heavy (non-hydrogen) atoms. The Morgan fingerprint density at radius 3 is 2.47 bits per heavy atom. The minimum atomic E-state index is -1.53. The molecule has 1 saturated heterocycles. The van der Waals surface area contributed by atoms with Crippen LogP contribution in [-0.2, 0) is 17.6 Å². The zero-order valence-electron chi connectivity index (χ0n) is 15.9. The summed E-state index contributed by atoms with van der Waals surface area (Å²) in [6.45, 7) is -0.537. The molecule has 0 unspecified atom stereocenters. The van der Waals surface area contributed by atoms with Crippen molar-refractivity contribution >= 4 is 23.8 Å². The number of benzene rings is 1. The minimum absolute atomic E-state index is 0.174. The van der Waals surface area contributed by atoms with Gasteiger partial charge in [0.25, 0.3) is 0 Å². The summed E-state index contributed by atoms with van der Waals surface area (Å²) >= 11 is 11.7. The number of pyridine rings is 1.